The van der Waals surface area contributed by atoms with Gasteiger partial charge < -0.3 is 0 Å². The number of aromatic nitrogens is 6. The van der Waals surface area contributed by atoms with E-state index in [1.165, 1.54) is 5.56 Å². The Kier molecular flexibility index (Phi) is 5.00. The van der Waals surface area contributed by atoms with Gasteiger partial charge in [-0.25, -0.2) is 4.98 Å². The second-order valence-corrected chi connectivity index (χ2v) is 8.13. The minimum atomic E-state index is -0.471. The van der Waals surface area contributed by atoms with E-state index in [1.807, 2.05) is 26.2 Å². The molecule has 0 aromatic carbocycles. The van der Waals surface area contributed by atoms with Gasteiger partial charge in [-0.3, -0.25) is 15.0 Å². The molecule has 3 heterocycles. The van der Waals surface area contributed by atoms with Crippen molar-refractivity contribution in [1.82, 2.24) is 30.1 Å². The van der Waals surface area contributed by atoms with Crippen LogP contribution in [-0.4, -0.2) is 30.1 Å². The highest BCUT2D eigenvalue weighted by atomic mass is 15.1. The summed E-state index contributed by atoms with van der Waals surface area (Å²) in [5.74, 6) is 1.09. The second kappa shape index (κ2) is 7.10. The van der Waals surface area contributed by atoms with Gasteiger partial charge in [-0.1, -0.05) is 19.9 Å². The molecule has 0 unspecified atom stereocenters. The van der Waals surface area contributed by atoms with E-state index >= 15 is 0 Å². The predicted octanol–water partition coefficient (Wildman–Crippen LogP) is 3.83. The maximum absolute atomic E-state index is 4.70. The van der Waals surface area contributed by atoms with Gasteiger partial charge in [0.15, 0.2) is 5.82 Å². The van der Waals surface area contributed by atoms with E-state index in [-0.39, 0.29) is 5.41 Å². The van der Waals surface area contributed by atoms with Gasteiger partial charge in [0, 0.05) is 24.8 Å². The van der Waals surface area contributed by atoms with E-state index in [1.54, 1.807) is 18.6 Å². The van der Waals surface area contributed by atoms with E-state index in [4.69, 9.17) is 4.98 Å². The van der Waals surface area contributed by atoms with E-state index in [0.29, 0.717) is 11.7 Å². The Morgan fingerprint density at radius 1 is 0.704 bits per heavy atom. The molecule has 27 heavy (non-hydrogen) atoms. The summed E-state index contributed by atoms with van der Waals surface area (Å²) in [6.45, 7) is 12.6. The lowest BCUT2D eigenvalue weighted by molar-refractivity contribution is 0.543. The lowest BCUT2D eigenvalue weighted by Gasteiger charge is -2.25. The fraction of sp³-hybridized carbons (Fsp3) is 0.429. The van der Waals surface area contributed by atoms with Crippen molar-refractivity contribution in [3.63, 3.8) is 0 Å². The number of rotatable bonds is 5. The standard InChI is InChI=1S/C21H26N6/c1-14(2)15-7-8-16(23-11-15)20(3,4)17-12-25-18(13-24-17)21(5,6)19-22-9-10-26-27-19/h7-14H,1-6H3. The molecule has 6 nitrogen and oxygen atoms in total. The van der Waals surface area contributed by atoms with Crippen LogP contribution in [-0.2, 0) is 10.8 Å². The SMILES string of the molecule is CC(C)c1ccc(C(C)(C)c2cnc(C(C)(C)c3nccnn3)cn2)nc1. The summed E-state index contributed by atoms with van der Waals surface area (Å²) in [5.41, 5.74) is 3.08. The highest BCUT2D eigenvalue weighted by Crippen LogP contribution is 2.31. The van der Waals surface area contributed by atoms with Gasteiger partial charge in [0.25, 0.3) is 0 Å². The first-order valence-corrected chi connectivity index (χ1v) is 9.16. The quantitative estimate of drug-likeness (QED) is 0.686. The van der Waals surface area contributed by atoms with Gasteiger partial charge in [0.1, 0.15) is 0 Å². The van der Waals surface area contributed by atoms with Crippen LogP contribution in [0.1, 0.15) is 75.9 Å². The second-order valence-electron chi connectivity index (χ2n) is 8.13. The molecule has 3 rings (SSSR count). The fourth-order valence-corrected chi connectivity index (χ4v) is 2.87. The van der Waals surface area contributed by atoms with Crippen LogP contribution in [0.4, 0.5) is 0 Å². The number of hydrogen-bond donors (Lipinski definition) is 0. The Morgan fingerprint density at radius 3 is 1.81 bits per heavy atom. The van der Waals surface area contributed by atoms with Crippen molar-refractivity contribution in [3.8, 4) is 0 Å². The van der Waals surface area contributed by atoms with E-state index in [2.05, 4.69) is 65.0 Å². The molecule has 0 amide bonds. The van der Waals surface area contributed by atoms with E-state index < -0.39 is 5.41 Å². The highest BCUT2D eigenvalue weighted by Gasteiger charge is 2.31. The van der Waals surface area contributed by atoms with E-state index in [9.17, 15) is 0 Å². The topological polar surface area (TPSA) is 77.3 Å². The van der Waals surface area contributed by atoms with Crippen molar-refractivity contribution in [2.24, 2.45) is 0 Å². The third kappa shape index (κ3) is 3.70. The number of pyridine rings is 1. The van der Waals surface area contributed by atoms with Crippen molar-refractivity contribution in [2.75, 3.05) is 0 Å². The molecule has 0 bridgehead atoms. The highest BCUT2D eigenvalue weighted by molar-refractivity contribution is 5.31. The van der Waals surface area contributed by atoms with E-state index in [0.717, 1.165) is 17.1 Å². The monoisotopic (exact) mass is 362 g/mol. The van der Waals surface area contributed by atoms with Crippen LogP contribution < -0.4 is 0 Å². The third-order valence-corrected chi connectivity index (χ3v) is 5.07. The first-order valence-electron chi connectivity index (χ1n) is 9.16. The molecule has 6 heteroatoms. The largest absolute Gasteiger partial charge is 0.260 e. The Bertz CT molecular complexity index is 884. The summed E-state index contributed by atoms with van der Waals surface area (Å²) in [7, 11) is 0. The number of hydrogen-bond acceptors (Lipinski definition) is 6. The van der Waals surface area contributed by atoms with Gasteiger partial charge in [0.2, 0.25) is 0 Å². The third-order valence-electron chi connectivity index (χ3n) is 5.07. The number of nitrogens with zero attached hydrogens (tertiary/aromatic N) is 6. The molecule has 0 N–H and O–H groups in total. The van der Waals surface area contributed by atoms with Gasteiger partial charge in [-0.15, -0.1) is 5.10 Å². The predicted molar refractivity (Wildman–Crippen MR) is 104 cm³/mol. The van der Waals surface area contributed by atoms with Crippen molar-refractivity contribution in [2.45, 2.75) is 58.3 Å². The molecule has 0 saturated carbocycles. The molecule has 0 aliphatic rings. The fourth-order valence-electron chi connectivity index (χ4n) is 2.87. The zero-order chi connectivity index (χ0) is 19.7. The summed E-state index contributed by atoms with van der Waals surface area (Å²) >= 11 is 0. The summed E-state index contributed by atoms with van der Waals surface area (Å²) in [4.78, 5) is 18.4. The summed E-state index contributed by atoms with van der Waals surface area (Å²) in [6.07, 6.45) is 8.78. The zero-order valence-electron chi connectivity index (χ0n) is 16.8. The molecule has 0 atom stereocenters. The first kappa shape index (κ1) is 19.0. The summed E-state index contributed by atoms with van der Waals surface area (Å²) in [6, 6.07) is 4.22. The minimum Gasteiger partial charge on any atom is -0.260 e. The summed E-state index contributed by atoms with van der Waals surface area (Å²) < 4.78 is 0. The Morgan fingerprint density at radius 2 is 1.33 bits per heavy atom. The Labute approximate surface area is 160 Å². The minimum absolute atomic E-state index is 0.337. The van der Waals surface area contributed by atoms with Crippen LogP contribution in [0.25, 0.3) is 0 Å². The molecule has 0 saturated heterocycles. The van der Waals surface area contributed by atoms with Gasteiger partial charge >= 0.3 is 0 Å². The lowest BCUT2D eigenvalue weighted by Crippen LogP contribution is -2.27. The molecule has 0 fully saturated rings. The van der Waals surface area contributed by atoms with Gasteiger partial charge in [-0.2, -0.15) is 5.10 Å². The Hall–Kier alpha value is -2.76. The maximum Gasteiger partial charge on any atom is 0.162 e. The van der Waals surface area contributed by atoms with Crippen LogP contribution in [0.3, 0.4) is 0 Å². The zero-order valence-corrected chi connectivity index (χ0v) is 16.8. The van der Waals surface area contributed by atoms with Crippen molar-refractivity contribution in [1.29, 1.82) is 0 Å². The molecular formula is C21H26N6. The smallest absolute Gasteiger partial charge is 0.162 e. The first-order chi connectivity index (χ1) is 12.7. The molecule has 0 spiro atoms. The van der Waals surface area contributed by atoms with Crippen LogP contribution in [0.2, 0.25) is 0 Å². The average Bonchev–Trinajstić information content (AvgIpc) is 2.69. The van der Waals surface area contributed by atoms with Crippen LogP contribution in [0.15, 0.2) is 43.1 Å². The molecule has 3 aromatic rings. The maximum atomic E-state index is 4.70. The van der Waals surface area contributed by atoms with Crippen LogP contribution >= 0.6 is 0 Å². The average molecular weight is 362 g/mol. The molecular weight excluding hydrogens is 336 g/mol. The lowest BCUT2D eigenvalue weighted by atomic mass is 9.84. The van der Waals surface area contributed by atoms with Crippen molar-refractivity contribution >= 4 is 0 Å². The molecule has 140 valence electrons. The molecule has 0 radical (unpaired) electrons. The van der Waals surface area contributed by atoms with Crippen molar-refractivity contribution in [3.05, 3.63) is 71.6 Å². The van der Waals surface area contributed by atoms with Crippen LogP contribution in [0, 0.1) is 0 Å². The summed E-state index contributed by atoms with van der Waals surface area (Å²) in [5, 5.41) is 8.05. The molecule has 3 aromatic heterocycles. The van der Waals surface area contributed by atoms with Crippen molar-refractivity contribution < 1.29 is 0 Å². The van der Waals surface area contributed by atoms with Gasteiger partial charge in [0.05, 0.1) is 34.1 Å². The normalized spacial score (nSPS) is 12.4. The Balaban J connectivity index is 1.90. The van der Waals surface area contributed by atoms with Crippen LogP contribution in [0.5, 0.6) is 0 Å². The van der Waals surface area contributed by atoms with Gasteiger partial charge in [-0.05, 0) is 45.2 Å². The molecule has 0 aliphatic carbocycles. The molecule has 0 aliphatic heterocycles.